The number of hydrogen-bond acceptors (Lipinski definition) is 11. The van der Waals surface area contributed by atoms with E-state index in [0.29, 0.717) is 11.1 Å². The van der Waals surface area contributed by atoms with Crippen LogP contribution in [0.3, 0.4) is 0 Å². The Morgan fingerprint density at radius 1 is 0.784 bits per heavy atom. The summed E-state index contributed by atoms with van der Waals surface area (Å²) in [6.45, 7) is 5.43. The average molecular weight is 693 g/mol. The lowest BCUT2D eigenvalue weighted by atomic mass is 9.67. The third-order valence-electron chi connectivity index (χ3n) is 9.42. The molecule has 0 amide bonds. The molecule has 0 fully saturated rings. The summed E-state index contributed by atoms with van der Waals surface area (Å²) in [4.78, 5) is 28.7. The number of phenolic OH excluding ortho intramolecular Hbond substituents is 8. The molecule has 0 bridgehead atoms. The van der Waals surface area contributed by atoms with Crippen LogP contribution in [-0.2, 0) is 6.42 Å². The Morgan fingerprint density at radius 2 is 1.41 bits per heavy atom. The van der Waals surface area contributed by atoms with E-state index in [1.807, 2.05) is 13.8 Å². The van der Waals surface area contributed by atoms with Gasteiger partial charge in [-0.2, -0.15) is 0 Å². The lowest BCUT2D eigenvalue weighted by Crippen LogP contribution is -2.28. The van der Waals surface area contributed by atoms with Crippen LogP contribution >= 0.6 is 0 Å². The summed E-state index contributed by atoms with van der Waals surface area (Å²) in [7, 11) is 0. The Labute approximate surface area is 291 Å². The second kappa shape index (κ2) is 13.2. The molecule has 1 unspecified atom stereocenters. The Bertz CT molecular complexity index is 2340. The molecular formula is C40H36O11. The zero-order valence-corrected chi connectivity index (χ0v) is 27.9. The summed E-state index contributed by atoms with van der Waals surface area (Å²) >= 11 is 0. The average Bonchev–Trinajstić information content (AvgIpc) is 3.04. The zero-order chi connectivity index (χ0) is 36.9. The molecule has 1 aromatic heterocycles. The Balaban J connectivity index is 1.66. The predicted octanol–water partition coefficient (Wildman–Crippen LogP) is 7.33. The van der Waals surface area contributed by atoms with Gasteiger partial charge in [0.15, 0.2) is 5.78 Å². The standard InChI is InChI=1S/C40H36O11/c1-18(2)4-8-26-38(50)36-34(48)17-33(47)35(40(36)51-39(26)25-11-7-22(43)15-32(25)46)28-12-19(3)27(23-9-5-20(41)13-30(23)44)16-29(28)37(49)24-10-6-21(42)14-31(24)45/h4-7,9-15,17,27-29,41-48H,8,16H2,1-3H3/t27?,28-,29-/m0/s1. The van der Waals surface area contributed by atoms with E-state index < -0.39 is 52.0 Å². The fraction of sp³-hybridized carbons (Fsp3) is 0.200. The summed E-state index contributed by atoms with van der Waals surface area (Å²) in [6.07, 6.45) is 3.51. The summed E-state index contributed by atoms with van der Waals surface area (Å²) < 4.78 is 6.43. The predicted molar refractivity (Wildman–Crippen MR) is 189 cm³/mol. The maximum Gasteiger partial charge on any atom is 0.200 e. The van der Waals surface area contributed by atoms with Crippen LogP contribution in [0.5, 0.6) is 46.0 Å². The van der Waals surface area contributed by atoms with E-state index in [0.717, 1.165) is 23.8 Å². The highest BCUT2D eigenvalue weighted by atomic mass is 16.3. The minimum atomic E-state index is -1.10. The van der Waals surface area contributed by atoms with Crippen LogP contribution in [0.25, 0.3) is 22.3 Å². The molecule has 0 saturated heterocycles. The monoisotopic (exact) mass is 692 g/mol. The molecule has 11 heteroatoms. The molecule has 11 nitrogen and oxygen atoms in total. The van der Waals surface area contributed by atoms with Crippen molar-refractivity contribution >= 4 is 16.8 Å². The molecule has 1 heterocycles. The first-order chi connectivity index (χ1) is 24.2. The minimum absolute atomic E-state index is 0.0147. The van der Waals surface area contributed by atoms with Crippen molar-refractivity contribution in [3.8, 4) is 57.3 Å². The highest BCUT2D eigenvalue weighted by molar-refractivity contribution is 6.02. The van der Waals surface area contributed by atoms with Crippen molar-refractivity contribution in [2.24, 2.45) is 5.92 Å². The number of allylic oxidation sites excluding steroid dienone is 4. The van der Waals surface area contributed by atoms with Gasteiger partial charge in [0.1, 0.15) is 62.7 Å². The minimum Gasteiger partial charge on any atom is -0.508 e. The first-order valence-electron chi connectivity index (χ1n) is 16.1. The third-order valence-corrected chi connectivity index (χ3v) is 9.42. The number of carbonyl (C=O) groups is 1. The van der Waals surface area contributed by atoms with Gasteiger partial charge in [0.05, 0.1) is 11.1 Å². The summed E-state index contributed by atoms with van der Waals surface area (Å²) in [5.74, 6) is -6.26. The number of benzene rings is 4. The molecule has 0 saturated carbocycles. The van der Waals surface area contributed by atoms with Gasteiger partial charge in [-0.05, 0) is 63.9 Å². The molecule has 0 spiro atoms. The number of rotatable bonds is 7. The number of fused-ring (bicyclic) bond motifs is 1. The van der Waals surface area contributed by atoms with Crippen molar-refractivity contribution in [2.75, 3.05) is 0 Å². The first kappa shape index (κ1) is 34.5. The number of Topliss-reactive ketones (excluding diaryl/α,β-unsaturated/α-hetero) is 1. The number of ketones is 1. The maximum absolute atomic E-state index is 14.4. The fourth-order valence-electron chi connectivity index (χ4n) is 6.92. The van der Waals surface area contributed by atoms with E-state index in [1.54, 1.807) is 19.1 Å². The maximum atomic E-state index is 14.4. The number of phenols is 8. The molecule has 1 aliphatic rings. The van der Waals surface area contributed by atoms with E-state index in [9.17, 15) is 50.4 Å². The number of hydrogen-bond donors (Lipinski definition) is 8. The van der Waals surface area contributed by atoms with Gasteiger partial charge in [-0.3, -0.25) is 9.59 Å². The van der Waals surface area contributed by atoms with Gasteiger partial charge in [-0.1, -0.05) is 29.4 Å². The fourth-order valence-corrected chi connectivity index (χ4v) is 6.92. The van der Waals surface area contributed by atoms with Gasteiger partial charge < -0.3 is 45.3 Å². The van der Waals surface area contributed by atoms with E-state index >= 15 is 0 Å². The smallest absolute Gasteiger partial charge is 0.200 e. The molecular weight excluding hydrogens is 656 g/mol. The molecule has 4 aromatic carbocycles. The van der Waals surface area contributed by atoms with Crippen LogP contribution in [0, 0.1) is 5.92 Å². The van der Waals surface area contributed by atoms with Gasteiger partial charge in [-0.15, -0.1) is 0 Å². The van der Waals surface area contributed by atoms with Crippen molar-refractivity contribution in [1.82, 2.24) is 0 Å². The van der Waals surface area contributed by atoms with Crippen LogP contribution in [0.4, 0.5) is 0 Å². The number of carbonyl (C=O) groups excluding carboxylic acids is 1. The molecule has 5 aromatic rings. The molecule has 0 radical (unpaired) electrons. The largest absolute Gasteiger partial charge is 0.508 e. The highest BCUT2D eigenvalue weighted by Gasteiger charge is 2.41. The third kappa shape index (κ3) is 6.29. The second-order valence-electron chi connectivity index (χ2n) is 13.1. The molecule has 51 heavy (non-hydrogen) atoms. The molecule has 8 N–H and O–H groups in total. The molecule has 0 aliphatic heterocycles. The van der Waals surface area contributed by atoms with Crippen LogP contribution in [0.1, 0.15) is 66.1 Å². The molecule has 3 atom stereocenters. The van der Waals surface area contributed by atoms with Gasteiger partial charge in [0, 0.05) is 58.7 Å². The Morgan fingerprint density at radius 3 is 2.04 bits per heavy atom. The Kier molecular flexibility index (Phi) is 8.90. The highest BCUT2D eigenvalue weighted by Crippen LogP contribution is 2.52. The van der Waals surface area contributed by atoms with E-state index in [4.69, 9.17) is 4.42 Å². The quantitative estimate of drug-likeness (QED) is 0.0625. The Hall–Kier alpha value is -6.36. The van der Waals surface area contributed by atoms with Crippen LogP contribution in [0.2, 0.25) is 0 Å². The van der Waals surface area contributed by atoms with Crippen molar-refractivity contribution in [3.05, 3.63) is 116 Å². The molecule has 6 rings (SSSR count). The topological polar surface area (TPSA) is 209 Å². The SMILES string of the molecule is CC(C)=CCc1c(-c2ccc(O)cc2O)oc2c([C@H]3C=C(C)C(c4ccc(O)cc4O)C[C@@H]3C(=O)c3ccc(O)cc3O)c(O)cc(O)c2c1=O. The lowest BCUT2D eigenvalue weighted by molar-refractivity contribution is 0.0890. The van der Waals surface area contributed by atoms with Gasteiger partial charge >= 0.3 is 0 Å². The van der Waals surface area contributed by atoms with E-state index in [1.165, 1.54) is 42.5 Å². The second-order valence-corrected chi connectivity index (χ2v) is 13.1. The lowest BCUT2D eigenvalue weighted by Gasteiger charge is -2.35. The van der Waals surface area contributed by atoms with Crippen molar-refractivity contribution in [3.63, 3.8) is 0 Å². The number of aromatic hydroxyl groups is 8. The normalized spacial score (nSPS) is 17.2. The van der Waals surface area contributed by atoms with Gasteiger partial charge in [0.25, 0.3) is 0 Å². The molecule has 1 aliphatic carbocycles. The summed E-state index contributed by atoms with van der Waals surface area (Å²) in [5, 5.41) is 84.6. The zero-order valence-electron chi connectivity index (χ0n) is 27.9. The van der Waals surface area contributed by atoms with Crippen molar-refractivity contribution in [2.45, 2.75) is 45.4 Å². The van der Waals surface area contributed by atoms with Gasteiger partial charge in [-0.25, -0.2) is 0 Å². The van der Waals surface area contributed by atoms with E-state index in [-0.39, 0.29) is 74.8 Å². The van der Waals surface area contributed by atoms with E-state index in [2.05, 4.69) is 0 Å². The van der Waals surface area contributed by atoms with Gasteiger partial charge in [0.2, 0.25) is 5.43 Å². The van der Waals surface area contributed by atoms with Crippen molar-refractivity contribution in [1.29, 1.82) is 0 Å². The van der Waals surface area contributed by atoms with Crippen molar-refractivity contribution < 1.29 is 50.1 Å². The van der Waals surface area contributed by atoms with Crippen LogP contribution < -0.4 is 5.43 Å². The van der Waals surface area contributed by atoms with Crippen LogP contribution in [-0.4, -0.2) is 46.6 Å². The molecule has 262 valence electrons. The summed E-state index contributed by atoms with van der Waals surface area (Å²) in [5.41, 5.74) is 0.999. The summed E-state index contributed by atoms with van der Waals surface area (Å²) in [6, 6.07) is 12.4. The van der Waals surface area contributed by atoms with Crippen LogP contribution in [0.15, 0.2) is 93.2 Å². The first-order valence-corrected chi connectivity index (χ1v) is 16.1.